The molecule has 9 atom stereocenters. The van der Waals surface area contributed by atoms with Crippen LogP contribution in [0.4, 0.5) is 0 Å². The summed E-state index contributed by atoms with van der Waals surface area (Å²) in [6, 6.07) is 9.87. The summed E-state index contributed by atoms with van der Waals surface area (Å²) in [7, 11) is 0. The van der Waals surface area contributed by atoms with Crippen LogP contribution in [0.25, 0.3) is 0 Å². The molecule has 1 aromatic carbocycles. The Bertz CT molecular complexity index is 1270. The number of esters is 2. The zero-order valence-electron chi connectivity index (χ0n) is 28.6. The van der Waals surface area contributed by atoms with E-state index in [2.05, 4.69) is 20.8 Å². The van der Waals surface area contributed by atoms with Crippen LogP contribution in [0, 0.1) is 46.3 Å². The van der Waals surface area contributed by atoms with E-state index in [4.69, 9.17) is 20.3 Å². The van der Waals surface area contributed by atoms with Crippen molar-refractivity contribution in [1.82, 2.24) is 0 Å². The van der Waals surface area contributed by atoms with Crippen LogP contribution in [-0.4, -0.2) is 43.7 Å². The predicted octanol–water partition coefficient (Wildman–Crippen LogP) is 8.15. The number of carbonyl (C=O) groups is 2. The first-order chi connectivity index (χ1) is 21.5. The molecule has 44 heavy (non-hydrogen) atoms. The second kappa shape index (κ2) is 12.5. The van der Waals surface area contributed by atoms with Crippen molar-refractivity contribution >= 4 is 11.9 Å². The fourth-order valence-corrected chi connectivity index (χ4v) is 10.8. The fraction of sp³-hybridized carbons (Fsp3) is 0.737. The molecule has 6 nitrogen and oxygen atoms in total. The van der Waals surface area contributed by atoms with Crippen molar-refractivity contribution in [2.45, 2.75) is 111 Å². The molecule has 1 aromatic rings. The van der Waals surface area contributed by atoms with E-state index < -0.39 is 5.79 Å². The van der Waals surface area contributed by atoms with Crippen molar-refractivity contribution in [2.24, 2.45) is 46.3 Å². The molecule has 0 bridgehead atoms. The van der Waals surface area contributed by atoms with E-state index in [-0.39, 0.29) is 28.9 Å². The van der Waals surface area contributed by atoms with Crippen LogP contribution in [0.1, 0.15) is 111 Å². The number of hydrogen-bond donors (Lipinski definition) is 0. The summed E-state index contributed by atoms with van der Waals surface area (Å²) in [6.45, 7) is 12.6. The summed E-state index contributed by atoms with van der Waals surface area (Å²) in [4.78, 5) is 25.8. The quantitative estimate of drug-likeness (QED) is 0.219. The number of fused-ring (bicyclic) bond motifs is 5. The Morgan fingerprint density at radius 1 is 1.05 bits per heavy atom. The number of hydrogen-bond acceptors (Lipinski definition) is 6. The average molecular weight is 608 g/mol. The van der Waals surface area contributed by atoms with E-state index in [1.165, 1.54) is 12.8 Å². The van der Waals surface area contributed by atoms with Gasteiger partial charge >= 0.3 is 11.9 Å². The van der Waals surface area contributed by atoms with Crippen molar-refractivity contribution in [3.63, 3.8) is 0 Å². The van der Waals surface area contributed by atoms with Gasteiger partial charge in [-0.3, -0.25) is 0 Å². The Labute approximate surface area is 266 Å². The minimum atomic E-state index is -0.459. The maximum Gasteiger partial charge on any atom is 0.338 e. The van der Waals surface area contributed by atoms with Gasteiger partial charge < -0.3 is 18.9 Å². The molecule has 1 saturated heterocycles. The molecule has 1 heterocycles. The molecular weight excluding hydrogens is 552 g/mol. The molecule has 5 aliphatic rings. The number of carbonyl (C=O) groups excluding carboxylic acids is 2. The Balaban J connectivity index is 1.24. The lowest BCUT2D eigenvalue weighted by Crippen LogP contribution is -2.60. The van der Waals surface area contributed by atoms with Crippen molar-refractivity contribution in [3.05, 3.63) is 47.5 Å². The largest absolute Gasteiger partial charge is 0.463 e. The van der Waals surface area contributed by atoms with Crippen LogP contribution >= 0.6 is 0 Å². The van der Waals surface area contributed by atoms with E-state index in [9.17, 15) is 9.59 Å². The zero-order valence-corrected chi connectivity index (χ0v) is 27.6. The molecule has 4 aliphatic carbocycles. The topological polar surface area (TPSA) is 71.1 Å². The molecular formula is C38H54O6. The lowest BCUT2D eigenvalue weighted by molar-refractivity contribution is -0.242. The highest BCUT2D eigenvalue weighted by Gasteiger charge is 2.65. The molecule has 5 fully saturated rings. The zero-order chi connectivity index (χ0) is 32.0. The van der Waals surface area contributed by atoms with Crippen molar-refractivity contribution in [2.75, 3.05) is 19.8 Å². The number of ether oxygens (including phenoxy) is 4. The second-order valence-corrected chi connectivity index (χ2v) is 15.1. The maximum absolute atomic E-state index is 13.6. The first-order valence-electron chi connectivity index (χ1n) is 17.9. The van der Waals surface area contributed by atoms with E-state index in [0.717, 1.165) is 44.9 Å². The monoisotopic (exact) mass is 607 g/mol. The average Bonchev–Trinajstić information content (AvgIpc) is 3.64. The van der Waals surface area contributed by atoms with Crippen LogP contribution in [0.3, 0.4) is 0 Å². The number of allylic oxidation sites excluding steroid dienone is 1. The predicted molar refractivity (Wildman–Crippen MR) is 170 cm³/mol. The standard InChI is InChI=1S/C38H54O6/c1-6-41-34(39)26(3)12-10-11-25(2)29-15-16-30-33-31(17-18-37(29,30)5)36(4)19-20-38(42-21-22-43-38)24-28(36)23-32(33)44-35(40)27-13-8-7-9-14-27/h7-9,12-14,25,28-33H,6,10-11,15-24H2,1-5H3/b26-12+/t25-,28+,29-,30?,31?,32-,33?,36+,37-/m1/s1/i12D. The number of benzene rings is 1. The van der Waals surface area contributed by atoms with Gasteiger partial charge in [0.05, 0.1) is 26.8 Å². The molecule has 0 radical (unpaired) electrons. The van der Waals surface area contributed by atoms with Crippen LogP contribution in [0.15, 0.2) is 42.0 Å². The van der Waals surface area contributed by atoms with E-state index in [0.29, 0.717) is 78.9 Å². The summed E-state index contributed by atoms with van der Waals surface area (Å²) in [6.07, 6.45) is 9.87. The number of rotatable bonds is 8. The first kappa shape index (κ1) is 30.5. The molecule has 1 spiro atoms. The molecule has 0 aromatic heterocycles. The lowest BCUT2D eigenvalue weighted by atomic mass is 9.43. The molecule has 1 aliphatic heterocycles. The molecule has 0 amide bonds. The first-order valence-corrected chi connectivity index (χ1v) is 17.4. The summed E-state index contributed by atoms with van der Waals surface area (Å²) in [5, 5.41) is 0. The third-order valence-corrected chi connectivity index (χ3v) is 13.1. The van der Waals surface area contributed by atoms with Crippen LogP contribution in [0.2, 0.25) is 0 Å². The van der Waals surface area contributed by atoms with Gasteiger partial charge in [-0.2, -0.15) is 0 Å². The van der Waals surface area contributed by atoms with Gasteiger partial charge in [-0.05, 0) is 118 Å². The highest BCUT2D eigenvalue weighted by molar-refractivity contribution is 5.89. The minimum Gasteiger partial charge on any atom is -0.463 e. The van der Waals surface area contributed by atoms with Crippen LogP contribution < -0.4 is 0 Å². The van der Waals surface area contributed by atoms with Gasteiger partial charge in [0.15, 0.2) is 5.79 Å². The summed E-state index contributed by atoms with van der Waals surface area (Å²) >= 11 is 0. The molecule has 4 saturated carbocycles. The molecule has 242 valence electrons. The van der Waals surface area contributed by atoms with E-state index in [1.807, 2.05) is 30.3 Å². The van der Waals surface area contributed by atoms with E-state index in [1.54, 1.807) is 13.8 Å². The van der Waals surface area contributed by atoms with Crippen molar-refractivity contribution in [3.8, 4) is 0 Å². The Morgan fingerprint density at radius 3 is 2.50 bits per heavy atom. The highest BCUT2D eigenvalue weighted by atomic mass is 16.7. The molecule has 3 unspecified atom stereocenters. The van der Waals surface area contributed by atoms with E-state index >= 15 is 0 Å². The van der Waals surface area contributed by atoms with Gasteiger partial charge in [0, 0.05) is 24.3 Å². The molecule has 6 rings (SSSR count). The van der Waals surface area contributed by atoms with Gasteiger partial charge in [0.25, 0.3) is 0 Å². The normalized spacial score (nSPS) is 38.9. The smallest absolute Gasteiger partial charge is 0.338 e. The Hall–Kier alpha value is -2.18. The second-order valence-electron chi connectivity index (χ2n) is 15.1. The van der Waals surface area contributed by atoms with Crippen molar-refractivity contribution < 1.29 is 29.9 Å². The minimum absolute atomic E-state index is 0.119. The van der Waals surface area contributed by atoms with Gasteiger partial charge in [-0.25, -0.2) is 9.59 Å². The summed E-state index contributed by atoms with van der Waals surface area (Å²) in [5.41, 5.74) is 1.40. The molecule has 6 heteroatoms. The Morgan fingerprint density at radius 2 is 1.77 bits per heavy atom. The SMILES string of the molecule is [2H]/C(CC[C@@H](C)[C@H]1CCC2C3C(CC[C@@]21C)[C@@]1(C)CCC2(C[C@@H]1C[C@H]3OC(=O)c1ccccc1)OCCO2)=C(/C)C(=O)OCC. The fourth-order valence-electron chi connectivity index (χ4n) is 10.8. The van der Waals surface area contributed by atoms with Gasteiger partial charge in [0.2, 0.25) is 0 Å². The third kappa shape index (κ3) is 5.68. The van der Waals surface area contributed by atoms with Gasteiger partial charge in [-0.1, -0.05) is 45.0 Å². The lowest BCUT2D eigenvalue weighted by Gasteiger charge is -2.63. The van der Waals surface area contributed by atoms with Crippen LogP contribution in [0.5, 0.6) is 0 Å². The highest BCUT2D eigenvalue weighted by Crippen LogP contribution is 2.69. The molecule has 0 N–H and O–H groups in total. The third-order valence-electron chi connectivity index (χ3n) is 13.1. The Kier molecular flexibility index (Phi) is 8.69. The van der Waals surface area contributed by atoms with Gasteiger partial charge in [-0.15, -0.1) is 0 Å². The van der Waals surface area contributed by atoms with Crippen LogP contribution in [-0.2, 0) is 23.7 Å². The van der Waals surface area contributed by atoms with Gasteiger partial charge in [0.1, 0.15) is 6.10 Å². The maximum atomic E-state index is 13.6. The summed E-state index contributed by atoms with van der Waals surface area (Å²) < 4.78 is 32.7. The van der Waals surface area contributed by atoms with Crippen molar-refractivity contribution in [1.29, 1.82) is 0 Å². The summed E-state index contributed by atoms with van der Waals surface area (Å²) in [5.74, 6) is 1.68.